The lowest BCUT2D eigenvalue weighted by Crippen LogP contribution is -2.33. The van der Waals surface area contributed by atoms with Crippen LogP contribution in [0.3, 0.4) is 0 Å². The van der Waals surface area contributed by atoms with Crippen molar-refractivity contribution in [2.24, 2.45) is 0 Å². The number of benzene rings is 1. The lowest BCUT2D eigenvalue weighted by molar-refractivity contribution is 0.404. The van der Waals surface area contributed by atoms with Gasteiger partial charge in [0.15, 0.2) is 0 Å². The van der Waals surface area contributed by atoms with Gasteiger partial charge in [0.25, 0.3) is 0 Å². The zero-order valence-corrected chi connectivity index (χ0v) is 13.3. The highest BCUT2D eigenvalue weighted by Gasteiger charge is 2.13. The number of nitrogens with one attached hydrogen (secondary N) is 1. The Balaban J connectivity index is 2.12. The Kier molecular flexibility index (Phi) is 5.62. The summed E-state index contributed by atoms with van der Waals surface area (Å²) in [6, 6.07) is 9.06. The molecule has 0 aliphatic carbocycles. The van der Waals surface area contributed by atoms with Gasteiger partial charge in [0.2, 0.25) is 0 Å². The van der Waals surface area contributed by atoms with Crippen LogP contribution >= 0.6 is 11.3 Å². The van der Waals surface area contributed by atoms with Crippen LogP contribution in [-0.2, 0) is 12.8 Å². The molecule has 1 aromatic heterocycles. The highest BCUT2D eigenvalue weighted by molar-refractivity contribution is 7.07. The van der Waals surface area contributed by atoms with Crippen molar-refractivity contribution < 1.29 is 4.74 Å². The summed E-state index contributed by atoms with van der Waals surface area (Å²) in [5.41, 5.74) is 3.98. The molecule has 1 atom stereocenters. The van der Waals surface area contributed by atoms with Crippen molar-refractivity contribution in [2.45, 2.75) is 32.7 Å². The van der Waals surface area contributed by atoms with Crippen LogP contribution in [0.5, 0.6) is 5.75 Å². The van der Waals surface area contributed by atoms with E-state index in [9.17, 15) is 0 Å². The van der Waals surface area contributed by atoms with E-state index < -0.39 is 0 Å². The molecule has 0 saturated carbocycles. The SMILES string of the molecule is CCNC(Cc1ccsc1)Cc1cc(C)ccc1OC. The number of aryl methyl sites for hydroxylation is 1. The van der Waals surface area contributed by atoms with Gasteiger partial charge in [-0.05, 0) is 60.3 Å². The molecule has 20 heavy (non-hydrogen) atoms. The first-order valence-corrected chi connectivity index (χ1v) is 8.05. The van der Waals surface area contributed by atoms with Gasteiger partial charge in [-0.1, -0.05) is 24.6 Å². The molecule has 1 aromatic carbocycles. The summed E-state index contributed by atoms with van der Waals surface area (Å²) in [6.45, 7) is 5.28. The van der Waals surface area contributed by atoms with E-state index in [0.29, 0.717) is 6.04 Å². The summed E-state index contributed by atoms with van der Waals surface area (Å²) in [5, 5.41) is 7.97. The van der Waals surface area contributed by atoms with Crippen LogP contribution in [0.2, 0.25) is 0 Å². The lowest BCUT2D eigenvalue weighted by atomic mass is 9.98. The fourth-order valence-electron chi connectivity index (χ4n) is 2.53. The predicted octanol–water partition coefficient (Wildman–Crippen LogP) is 3.83. The smallest absolute Gasteiger partial charge is 0.122 e. The van der Waals surface area contributed by atoms with E-state index in [2.05, 4.69) is 54.2 Å². The van der Waals surface area contributed by atoms with Crippen molar-refractivity contribution in [1.29, 1.82) is 0 Å². The maximum atomic E-state index is 5.49. The molecule has 0 amide bonds. The largest absolute Gasteiger partial charge is 0.496 e. The van der Waals surface area contributed by atoms with Crippen LogP contribution in [0.15, 0.2) is 35.0 Å². The summed E-state index contributed by atoms with van der Waals surface area (Å²) in [5.74, 6) is 0.990. The van der Waals surface area contributed by atoms with Gasteiger partial charge in [0.05, 0.1) is 7.11 Å². The minimum atomic E-state index is 0.449. The van der Waals surface area contributed by atoms with Gasteiger partial charge < -0.3 is 10.1 Å². The number of methoxy groups -OCH3 is 1. The summed E-state index contributed by atoms with van der Waals surface area (Å²) in [6.07, 6.45) is 2.06. The van der Waals surface area contributed by atoms with Gasteiger partial charge in [0.1, 0.15) is 5.75 Å². The Morgan fingerprint density at radius 3 is 2.75 bits per heavy atom. The minimum Gasteiger partial charge on any atom is -0.496 e. The molecule has 108 valence electrons. The second-order valence-electron chi connectivity index (χ2n) is 5.11. The quantitative estimate of drug-likeness (QED) is 0.836. The molecule has 0 bridgehead atoms. The zero-order valence-electron chi connectivity index (χ0n) is 12.5. The molecule has 2 aromatic rings. The van der Waals surface area contributed by atoms with E-state index in [1.807, 2.05) is 0 Å². The topological polar surface area (TPSA) is 21.3 Å². The Labute approximate surface area is 125 Å². The van der Waals surface area contributed by atoms with Gasteiger partial charge in [-0.2, -0.15) is 11.3 Å². The number of hydrogen-bond donors (Lipinski definition) is 1. The van der Waals surface area contributed by atoms with E-state index in [0.717, 1.165) is 25.1 Å². The third-order valence-electron chi connectivity index (χ3n) is 3.46. The van der Waals surface area contributed by atoms with E-state index in [1.165, 1.54) is 16.7 Å². The summed E-state index contributed by atoms with van der Waals surface area (Å²) >= 11 is 1.76. The lowest BCUT2D eigenvalue weighted by Gasteiger charge is -2.19. The molecular formula is C17H23NOS. The van der Waals surface area contributed by atoms with Crippen LogP contribution in [0, 0.1) is 6.92 Å². The first kappa shape index (κ1) is 15.1. The number of rotatable bonds is 7. The van der Waals surface area contributed by atoms with Crippen LogP contribution in [0.25, 0.3) is 0 Å². The molecule has 3 heteroatoms. The van der Waals surface area contributed by atoms with Gasteiger partial charge in [-0.15, -0.1) is 0 Å². The first-order valence-electron chi connectivity index (χ1n) is 7.11. The highest BCUT2D eigenvalue weighted by atomic mass is 32.1. The minimum absolute atomic E-state index is 0.449. The van der Waals surface area contributed by atoms with Crippen molar-refractivity contribution in [1.82, 2.24) is 5.32 Å². The fraction of sp³-hybridized carbons (Fsp3) is 0.412. The highest BCUT2D eigenvalue weighted by Crippen LogP contribution is 2.22. The van der Waals surface area contributed by atoms with Crippen molar-refractivity contribution in [3.8, 4) is 5.75 Å². The molecular weight excluding hydrogens is 266 g/mol. The standard InChI is InChI=1S/C17H23NOS/c1-4-18-16(10-14-7-8-20-12-14)11-15-9-13(2)5-6-17(15)19-3/h5-9,12,16,18H,4,10-11H2,1-3H3. The van der Waals surface area contributed by atoms with E-state index in [1.54, 1.807) is 18.4 Å². The monoisotopic (exact) mass is 289 g/mol. The molecule has 0 radical (unpaired) electrons. The van der Waals surface area contributed by atoms with Crippen LogP contribution in [0.4, 0.5) is 0 Å². The maximum Gasteiger partial charge on any atom is 0.122 e. The number of hydrogen-bond acceptors (Lipinski definition) is 3. The third-order valence-corrected chi connectivity index (χ3v) is 4.19. The molecule has 2 rings (SSSR count). The molecule has 1 N–H and O–H groups in total. The average Bonchev–Trinajstić information content (AvgIpc) is 2.92. The number of ether oxygens (including phenoxy) is 1. The molecule has 1 heterocycles. The molecule has 0 aliphatic rings. The second-order valence-corrected chi connectivity index (χ2v) is 5.89. The maximum absolute atomic E-state index is 5.49. The Morgan fingerprint density at radius 2 is 2.10 bits per heavy atom. The van der Waals surface area contributed by atoms with Gasteiger partial charge in [-0.25, -0.2) is 0 Å². The van der Waals surface area contributed by atoms with Gasteiger partial charge >= 0.3 is 0 Å². The van der Waals surface area contributed by atoms with Crippen molar-refractivity contribution in [2.75, 3.05) is 13.7 Å². The average molecular weight is 289 g/mol. The molecule has 0 spiro atoms. The number of thiophene rings is 1. The van der Waals surface area contributed by atoms with Crippen LogP contribution < -0.4 is 10.1 Å². The normalized spacial score (nSPS) is 12.3. The second kappa shape index (κ2) is 7.46. The van der Waals surface area contributed by atoms with E-state index >= 15 is 0 Å². The first-order chi connectivity index (χ1) is 9.72. The zero-order chi connectivity index (χ0) is 14.4. The molecule has 0 aliphatic heterocycles. The Hall–Kier alpha value is -1.32. The molecule has 1 unspecified atom stereocenters. The molecule has 2 nitrogen and oxygen atoms in total. The number of likely N-dealkylation sites (N-methyl/N-ethyl adjacent to an activating group) is 1. The van der Waals surface area contributed by atoms with Crippen LogP contribution in [0.1, 0.15) is 23.6 Å². The molecule has 0 saturated heterocycles. The Bertz CT molecular complexity index is 522. The van der Waals surface area contributed by atoms with Gasteiger partial charge in [-0.3, -0.25) is 0 Å². The molecule has 0 fully saturated rings. The third kappa shape index (κ3) is 4.09. The summed E-state index contributed by atoms with van der Waals surface area (Å²) in [4.78, 5) is 0. The van der Waals surface area contributed by atoms with Crippen molar-refractivity contribution in [3.05, 3.63) is 51.7 Å². The van der Waals surface area contributed by atoms with Crippen molar-refractivity contribution in [3.63, 3.8) is 0 Å². The van der Waals surface area contributed by atoms with E-state index in [4.69, 9.17) is 4.74 Å². The van der Waals surface area contributed by atoms with E-state index in [-0.39, 0.29) is 0 Å². The predicted molar refractivity (Wildman–Crippen MR) is 86.9 cm³/mol. The van der Waals surface area contributed by atoms with Crippen molar-refractivity contribution >= 4 is 11.3 Å². The Morgan fingerprint density at radius 1 is 1.25 bits per heavy atom. The van der Waals surface area contributed by atoms with Crippen LogP contribution in [-0.4, -0.2) is 19.7 Å². The summed E-state index contributed by atoms with van der Waals surface area (Å²) < 4.78 is 5.49. The van der Waals surface area contributed by atoms with Gasteiger partial charge in [0, 0.05) is 6.04 Å². The fourth-order valence-corrected chi connectivity index (χ4v) is 3.21. The summed E-state index contributed by atoms with van der Waals surface area (Å²) in [7, 11) is 1.75.